The topological polar surface area (TPSA) is 67.3 Å². The molecule has 0 unspecified atom stereocenters. The molecule has 2 heterocycles. The predicted molar refractivity (Wildman–Crippen MR) is 106 cm³/mol. The number of hydrogen-bond donors (Lipinski definition) is 1. The number of benzene rings is 1. The Kier molecular flexibility index (Phi) is 6.63. The number of anilines is 1. The zero-order chi connectivity index (χ0) is 19.1. The van der Waals surface area contributed by atoms with E-state index in [1.165, 1.54) is 18.4 Å². The molecule has 27 heavy (non-hydrogen) atoms. The average Bonchev–Trinajstić information content (AvgIpc) is 2.96. The van der Waals surface area contributed by atoms with Gasteiger partial charge in [-0.1, -0.05) is 25.0 Å². The molecule has 144 valence electrons. The molecule has 1 N–H and O–H groups in total. The Balaban J connectivity index is 1.63. The van der Waals surface area contributed by atoms with Crippen molar-refractivity contribution < 1.29 is 9.53 Å². The number of nitrogens with one attached hydrogen (secondary N) is 1. The van der Waals surface area contributed by atoms with Gasteiger partial charge in [0.25, 0.3) is 5.91 Å². The number of amides is 1. The number of likely N-dealkylation sites (tertiary alicyclic amines) is 1. The van der Waals surface area contributed by atoms with Crippen LogP contribution in [-0.2, 0) is 6.42 Å². The van der Waals surface area contributed by atoms with Gasteiger partial charge in [0, 0.05) is 25.3 Å². The van der Waals surface area contributed by atoms with Gasteiger partial charge in [0.2, 0.25) is 5.95 Å². The van der Waals surface area contributed by atoms with E-state index >= 15 is 0 Å². The molecule has 3 rings (SSSR count). The molecular formula is C21H28N4O2. The smallest absolute Gasteiger partial charge is 0.272 e. The Hall–Kier alpha value is -2.63. The third kappa shape index (κ3) is 5.42. The molecule has 6 heteroatoms. The first-order chi connectivity index (χ1) is 13.2. The van der Waals surface area contributed by atoms with Crippen LogP contribution in [0, 0.1) is 6.92 Å². The SMILES string of the molecule is COc1cccc(CCNc2nc(C)cc(C(=O)N3CCCCCC3)n2)c1. The molecule has 1 saturated heterocycles. The van der Waals surface area contributed by atoms with Crippen molar-refractivity contribution in [1.29, 1.82) is 0 Å². The first kappa shape index (κ1) is 19.1. The maximum atomic E-state index is 12.8. The van der Waals surface area contributed by atoms with Crippen molar-refractivity contribution in [3.8, 4) is 5.75 Å². The largest absolute Gasteiger partial charge is 0.497 e. The number of hydrogen-bond acceptors (Lipinski definition) is 5. The van der Waals surface area contributed by atoms with Crippen LogP contribution in [0.15, 0.2) is 30.3 Å². The molecule has 0 spiro atoms. The predicted octanol–water partition coefficient (Wildman–Crippen LogP) is 3.46. The second-order valence-electron chi connectivity index (χ2n) is 6.95. The van der Waals surface area contributed by atoms with Gasteiger partial charge in [0.05, 0.1) is 7.11 Å². The van der Waals surface area contributed by atoms with Crippen LogP contribution in [0.3, 0.4) is 0 Å². The number of ether oxygens (including phenoxy) is 1. The standard InChI is InChI=1S/C21H28N4O2/c1-16-14-19(20(26)25-12-5-3-4-6-13-25)24-21(23-16)22-11-10-17-8-7-9-18(15-17)27-2/h7-9,14-15H,3-6,10-13H2,1-2H3,(H,22,23,24). The molecular weight excluding hydrogens is 340 g/mol. The fourth-order valence-corrected chi connectivity index (χ4v) is 3.34. The van der Waals surface area contributed by atoms with Crippen molar-refractivity contribution >= 4 is 11.9 Å². The first-order valence-electron chi connectivity index (χ1n) is 9.67. The fourth-order valence-electron chi connectivity index (χ4n) is 3.34. The first-order valence-corrected chi connectivity index (χ1v) is 9.67. The number of carbonyl (C=O) groups is 1. The van der Waals surface area contributed by atoms with Gasteiger partial charge in [-0.2, -0.15) is 0 Å². The van der Waals surface area contributed by atoms with E-state index in [2.05, 4.69) is 21.4 Å². The van der Waals surface area contributed by atoms with Crippen LogP contribution in [0.1, 0.15) is 47.4 Å². The van der Waals surface area contributed by atoms with Crippen molar-refractivity contribution in [2.75, 3.05) is 32.1 Å². The van der Waals surface area contributed by atoms with E-state index in [4.69, 9.17) is 4.74 Å². The fraction of sp³-hybridized carbons (Fsp3) is 0.476. The van der Waals surface area contributed by atoms with Crippen molar-refractivity contribution in [3.63, 3.8) is 0 Å². The summed E-state index contributed by atoms with van der Waals surface area (Å²) in [7, 11) is 1.67. The van der Waals surface area contributed by atoms with Crippen molar-refractivity contribution in [2.45, 2.75) is 39.0 Å². The lowest BCUT2D eigenvalue weighted by atomic mass is 10.1. The number of methoxy groups -OCH3 is 1. The van der Waals surface area contributed by atoms with E-state index < -0.39 is 0 Å². The zero-order valence-electron chi connectivity index (χ0n) is 16.2. The maximum Gasteiger partial charge on any atom is 0.272 e. The number of nitrogens with zero attached hydrogens (tertiary/aromatic N) is 3. The van der Waals surface area contributed by atoms with Crippen LogP contribution in [0.2, 0.25) is 0 Å². The van der Waals surface area contributed by atoms with Crippen LogP contribution in [-0.4, -0.2) is 47.5 Å². The van der Waals surface area contributed by atoms with Crippen LogP contribution < -0.4 is 10.1 Å². The van der Waals surface area contributed by atoms with Crippen LogP contribution in [0.5, 0.6) is 5.75 Å². The minimum Gasteiger partial charge on any atom is -0.497 e. The summed E-state index contributed by atoms with van der Waals surface area (Å²) >= 11 is 0. The highest BCUT2D eigenvalue weighted by atomic mass is 16.5. The highest BCUT2D eigenvalue weighted by Crippen LogP contribution is 2.15. The summed E-state index contributed by atoms with van der Waals surface area (Å²) in [4.78, 5) is 23.6. The average molecular weight is 368 g/mol. The van der Waals surface area contributed by atoms with Gasteiger partial charge in [0.1, 0.15) is 11.4 Å². The van der Waals surface area contributed by atoms with Gasteiger partial charge in [-0.05, 0) is 49.9 Å². The molecule has 0 radical (unpaired) electrons. The van der Waals surface area contributed by atoms with Crippen LogP contribution >= 0.6 is 0 Å². The van der Waals surface area contributed by atoms with Crippen molar-refractivity contribution in [3.05, 3.63) is 47.3 Å². The van der Waals surface area contributed by atoms with E-state index in [0.29, 0.717) is 18.2 Å². The minimum absolute atomic E-state index is 0.0123. The highest BCUT2D eigenvalue weighted by molar-refractivity contribution is 5.92. The second kappa shape index (κ2) is 9.35. The lowest BCUT2D eigenvalue weighted by molar-refractivity contribution is 0.0755. The third-order valence-corrected chi connectivity index (χ3v) is 4.80. The molecule has 1 amide bonds. The number of rotatable bonds is 6. The molecule has 0 aliphatic carbocycles. The van der Waals surface area contributed by atoms with E-state index in [-0.39, 0.29) is 5.91 Å². The summed E-state index contributed by atoms with van der Waals surface area (Å²) in [5.74, 6) is 1.37. The van der Waals surface area contributed by atoms with Crippen molar-refractivity contribution in [1.82, 2.24) is 14.9 Å². The lowest BCUT2D eigenvalue weighted by Crippen LogP contribution is -2.32. The van der Waals surface area contributed by atoms with Gasteiger partial charge >= 0.3 is 0 Å². The Morgan fingerprint density at radius 1 is 1.15 bits per heavy atom. The molecule has 1 aliphatic heterocycles. The normalized spacial score (nSPS) is 14.5. The van der Waals surface area contributed by atoms with Gasteiger partial charge in [-0.25, -0.2) is 9.97 Å². The number of carbonyl (C=O) groups excluding carboxylic acids is 1. The molecule has 1 aromatic carbocycles. The molecule has 0 saturated carbocycles. The third-order valence-electron chi connectivity index (χ3n) is 4.80. The van der Waals surface area contributed by atoms with Gasteiger partial charge < -0.3 is 15.0 Å². The van der Waals surface area contributed by atoms with Crippen LogP contribution in [0.25, 0.3) is 0 Å². The van der Waals surface area contributed by atoms with Gasteiger partial charge in [-0.15, -0.1) is 0 Å². The Morgan fingerprint density at radius 2 is 1.93 bits per heavy atom. The van der Waals surface area contributed by atoms with Gasteiger partial charge in [0.15, 0.2) is 0 Å². The van der Waals surface area contributed by atoms with E-state index in [9.17, 15) is 4.79 Å². The lowest BCUT2D eigenvalue weighted by Gasteiger charge is -2.20. The van der Waals surface area contributed by atoms with E-state index in [0.717, 1.165) is 43.8 Å². The summed E-state index contributed by atoms with van der Waals surface area (Å²) in [5, 5.41) is 3.25. The number of aryl methyl sites for hydroxylation is 1. The summed E-state index contributed by atoms with van der Waals surface area (Å²) in [6.07, 6.45) is 5.36. The molecule has 1 fully saturated rings. The maximum absolute atomic E-state index is 12.8. The van der Waals surface area contributed by atoms with Crippen LogP contribution in [0.4, 0.5) is 5.95 Å². The molecule has 1 aliphatic rings. The van der Waals surface area contributed by atoms with E-state index in [1.54, 1.807) is 13.2 Å². The molecule has 1 aromatic heterocycles. The monoisotopic (exact) mass is 368 g/mol. The Morgan fingerprint density at radius 3 is 2.67 bits per heavy atom. The molecule has 2 aromatic rings. The molecule has 0 atom stereocenters. The quantitative estimate of drug-likeness (QED) is 0.846. The summed E-state index contributed by atoms with van der Waals surface area (Å²) < 4.78 is 5.26. The van der Waals surface area contributed by atoms with Gasteiger partial charge in [-0.3, -0.25) is 4.79 Å². The summed E-state index contributed by atoms with van der Waals surface area (Å²) in [6, 6.07) is 9.78. The summed E-state index contributed by atoms with van der Waals surface area (Å²) in [6.45, 7) is 4.23. The number of aromatic nitrogens is 2. The molecule has 6 nitrogen and oxygen atoms in total. The Labute approximate surface area is 161 Å². The second-order valence-corrected chi connectivity index (χ2v) is 6.95. The minimum atomic E-state index is 0.0123. The summed E-state index contributed by atoms with van der Waals surface area (Å²) in [5.41, 5.74) is 2.45. The zero-order valence-corrected chi connectivity index (χ0v) is 16.2. The molecule has 0 bridgehead atoms. The van der Waals surface area contributed by atoms with Crippen molar-refractivity contribution in [2.24, 2.45) is 0 Å². The van der Waals surface area contributed by atoms with E-state index in [1.807, 2.05) is 30.0 Å². The highest BCUT2D eigenvalue weighted by Gasteiger charge is 2.19. The Bertz CT molecular complexity index is 771.